The van der Waals surface area contributed by atoms with E-state index in [1.807, 2.05) is 6.92 Å². The van der Waals surface area contributed by atoms with Crippen molar-refractivity contribution in [3.05, 3.63) is 24.3 Å². The van der Waals surface area contributed by atoms with Crippen molar-refractivity contribution in [1.82, 2.24) is 0 Å². The summed E-state index contributed by atoms with van der Waals surface area (Å²) in [6, 6.07) is 7.17. The van der Waals surface area contributed by atoms with E-state index in [1.54, 1.807) is 31.4 Å². The SMILES string of the molecule is CCCS(=O)(=O)c1ccc(NC(CC)COC)cc1. The van der Waals surface area contributed by atoms with E-state index in [0.717, 1.165) is 12.1 Å². The fourth-order valence-electron chi connectivity index (χ4n) is 1.84. The number of sulfone groups is 1. The van der Waals surface area contributed by atoms with Crippen LogP contribution in [0.3, 0.4) is 0 Å². The Morgan fingerprint density at radius 2 is 1.84 bits per heavy atom. The summed E-state index contributed by atoms with van der Waals surface area (Å²) in [6.45, 7) is 4.58. The van der Waals surface area contributed by atoms with Gasteiger partial charge in [0.1, 0.15) is 0 Å². The Balaban J connectivity index is 2.76. The van der Waals surface area contributed by atoms with Gasteiger partial charge in [0, 0.05) is 18.8 Å². The predicted octanol–water partition coefficient (Wildman–Crippen LogP) is 2.71. The number of methoxy groups -OCH3 is 1. The van der Waals surface area contributed by atoms with Gasteiger partial charge in [-0.3, -0.25) is 0 Å². The Labute approximate surface area is 116 Å². The molecule has 0 fully saturated rings. The largest absolute Gasteiger partial charge is 0.383 e. The summed E-state index contributed by atoms with van der Waals surface area (Å²) >= 11 is 0. The van der Waals surface area contributed by atoms with Crippen molar-refractivity contribution in [3.8, 4) is 0 Å². The van der Waals surface area contributed by atoms with Crippen molar-refractivity contribution < 1.29 is 13.2 Å². The Morgan fingerprint density at radius 3 is 2.32 bits per heavy atom. The molecule has 0 saturated heterocycles. The molecule has 0 spiro atoms. The molecule has 4 nitrogen and oxygen atoms in total. The summed E-state index contributed by atoms with van der Waals surface area (Å²) in [5, 5.41) is 3.32. The summed E-state index contributed by atoms with van der Waals surface area (Å²) in [5.41, 5.74) is 0.916. The predicted molar refractivity (Wildman–Crippen MR) is 78.4 cm³/mol. The van der Waals surface area contributed by atoms with E-state index < -0.39 is 9.84 Å². The monoisotopic (exact) mass is 285 g/mol. The van der Waals surface area contributed by atoms with Crippen LogP contribution in [0.1, 0.15) is 26.7 Å². The van der Waals surface area contributed by atoms with Crippen molar-refractivity contribution in [2.75, 3.05) is 24.8 Å². The van der Waals surface area contributed by atoms with Gasteiger partial charge in [0.15, 0.2) is 9.84 Å². The van der Waals surface area contributed by atoms with Gasteiger partial charge in [0.2, 0.25) is 0 Å². The normalized spacial score (nSPS) is 13.2. The maximum atomic E-state index is 11.9. The smallest absolute Gasteiger partial charge is 0.178 e. The van der Waals surface area contributed by atoms with Gasteiger partial charge in [-0.25, -0.2) is 8.42 Å². The molecule has 0 amide bonds. The zero-order chi connectivity index (χ0) is 14.3. The number of hydrogen-bond acceptors (Lipinski definition) is 4. The van der Waals surface area contributed by atoms with Crippen molar-refractivity contribution >= 4 is 15.5 Å². The first-order chi connectivity index (χ1) is 9.03. The van der Waals surface area contributed by atoms with Crippen molar-refractivity contribution in [3.63, 3.8) is 0 Å². The lowest BCUT2D eigenvalue weighted by atomic mass is 10.2. The van der Waals surface area contributed by atoms with Crippen LogP contribution in [0.25, 0.3) is 0 Å². The molecule has 1 atom stereocenters. The highest BCUT2D eigenvalue weighted by molar-refractivity contribution is 7.91. The summed E-state index contributed by atoms with van der Waals surface area (Å²) < 4.78 is 28.9. The molecule has 0 aliphatic rings. The molecule has 0 aliphatic carbocycles. The molecule has 1 rings (SSSR count). The number of benzene rings is 1. The molecule has 0 bridgehead atoms. The van der Waals surface area contributed by atoms with Gasteiger partial charge in [0.25, 0.3) is 0 Å². The minimum atomic E-state index is -3.12. The van der Waals surface area contributed by atoms with Crippen molar-refractivity contribution in [2.24, 2.45) is 0 Å². The van der Waals surface area contributed by atoms with Gasteiger partial charge in [-0.15, -0.1) is 0 Å². The lowest BCUT2D eigenvalue weighted by molar-refractivity contribution is 0.184. The number of rotatable bonds is 8. The van der Waals surface area contributed by atoms with Crippen LogP contribution >= 0.6 is 0 Å². The summed E-state index contributed by atoms with van der Waals surface area (Å²) in [4.78, 5) is 0.389. The second-order valence-electron chi connectivity index (χ2n) is 4.55. The lowest BCUT2D eigenvalue weighted by Crippen LogP contribution is -2.23. The number of anilines is 1. The van der Waals surface area contributed by atoms with E-state index in [0.29, 0.717) is 17.9 Å². The van der Waals surface area contributed by atoms with Gasteiger partial charge >= 0.3 is 0 Å². The first-order valence-corrected chi connectivity index (χ1v) is 8.27. The summed E-state index contributed by atoms with van der Waals surface area (Å²) in [5.74, 6) is 0.195. The number of nitrogens with one attached hydrogen (secondary N) is 1. The molecule has 1 N–H and O–H groups in total. The lowest BCUT2D eigenvalue weighted by Gasteiger charge is -2.17. The first-order valence-electron chi connectivity index (χ1n) is 6.61. The van der Waals surface area contributed by atoms with E-state index >= 15 is 0 Å². The van der Waals surface area contributed by atoms with Gasteiger partial charge in [0.05, 0.1) is 17.3 Å². The molecule has 108 valence electrons. The van der Waals surface area contributed by atoms with Crippen molar-refractivity contribution in [1.29, 1.82) is 0 Å². The molecule has 0 aromatic heterocycles. The van der Waals surface area contributed by atoms with Crippen LogP contribution in [0.2, 0.25) is 0 Å². The second-order valence-corrected chi connectivity index (χ2v) is 6.66. The minimum absolute atomic E-state index is 0.195. The molecule has 0 heterocycles. The fourth-order valence-corrected chi connectivity index (χ4v) is 3.17. The minimum Gasteiger partial charge on any atom is -0.383 e. The van der Waals surface area contributed by atoms with Crippen LogP contribution in [0.5, 0.6) is 0 Å². The highest BCUT2D eigenvalue weighted by atomic mass is 32.2. The second kappa shape index (κ2) is 7.50. The fraction of sp³-hybridized carbons (Fsp3) is 0.571. The third-order valence-electron chi connectivity index (χ3n) is 2.92. The van der Waals surface area contributed by atoms with E-state index in [9.17, 15) is 8.42 Å². The summed E-state index contributed by atoms with van der Waals surface area (Å²) in [7, 11) is -1.45. The molecule has 0 saturated carbocycles. The first kappa shape index (κ1) is 16.0. The summed E-state index contributed by atoms with van der Waals surface area (Å²) in [6.07, 6.45) is 1.58. The average Bonchev–Trinajstić information content (AvgIpc) is 2.39. The molecule has 19 heavy (non-hydrogen) atoms. The standard InChI is InChI=1S/C14H23NO3S/c1-4-10-19(16,17)14-8-6-13(7-9-14)15-12(5-2)11-18-3/h6-9,12,15H,4-5,10-11H2,1-3H3. The van der Waals surface area contributed by atoms with E-state index in [1.165, 1.54) is 0 Å². The maximum Gasteiger partial charge on any atom is 0.178 e. The highest BCUT2D eigenvalue weighted by Gasteiger charge is 2.13. The van der Waals surface area contributed by atoms with Crippen LogP contribution in [0.4, 0.5) is 5.69 Å². The molecule has 5 heteroatoms. The van der Waals surface area contributed by atoms with Crippen LogP contribution < -0.4 is 5.32 Å². The number of hydrogen-bond donors (Lipinski definition) is 1. The third-order valence-corrected chi connectivity index (χ3v) is 4.85. The molecular formula is C14H23NO3S. The Bertz CT molecular complexity index is 468. The molecule has 0 radical (unpaired) electrons. The van der Waals surface area contributed by atoms with Gasteiger partial charge in [-0.1, -0.05) is 13.8 Å². The molecule has 0 aliphatic heterocycles. The van der Waals surface area contributed by atoms with Crippen molar-refractivity contribution in [2.45, 2.75) is 37.6 Å². The van der Waals surface area contributed by atoms with Crippen LogP contribution in [-0.4, -0.2) is 33.9 Å². The Kier molecular flexibility index (Phi) is 6.31. The molecular weight excluding hydrogens is 262 g/mol. The van der Waals surface area contributed by atoms with E-state index in [2.05, 4.69) is 12.2 Å². The molecule has 1 unspecified atom stereocenters. The van der Waals surface area contributed by atoms with Gasteiger partial charge in [-0.2, -0.15) is 0 Å². The highest BCUT2D eigenvalue weighted by Crippen LogP contribution is 2.17. The van der Waals surface area contributed by atoms with E-state index in [-0.39, 0.29) is 11.8 Å². The zero-order valence-electron chi connectivity index (χ0n) is 11.8. The molecule has 1 aromatic rings. The average molecular weight is 285 g/mol. The molecule has 1 aromatic carbocycles. The zero-order valence-corrected chi connectivity index (χ0v) is 12.7. The van der Waals surface area contributed by atoms with Crippen LogP contribution in [0.15, 0.2) is 29.2 Å². The maximum absolute atomic E-state index is 11.9. The Hall–Kier alpha value is -1.07. The third kappa shape index (κ3) is 4.84. The van der Waals surface area contributed by atoms with Gasteiger partial charge in [-0.05, 0) is 37.1 Å². The van der Waals surface area contributed by atoms with Crippen LogP contribution in [-0.2, 0) is 14.6 Å². The Morgan fingerprint density at radius 1 is 1.21 bits per heavy atom. The topological polar surface area (TPSA) is 55.4 Å². The van der Waals surface area contributed by atoms with Gasteiger partial charge < -0.3 is 10.1 Å². The van der Waals surface area contributed by atoms with E-state index in [4.69, 9.17) is 4.74 Å². The quantitative estimate of drug-likeness (QED) is 0.798. The van der Waals surface area contributed by atoms with Crippen LogP contribution in [0, 0.1) is 0 Å². The number of ether oxygens (including phenoxy) is 1.